The van der Waals surface area contributed by atoms with Crippen LogP contribution in [0.4, 0.5) is 0 Å². The average Bonchev–Trinajstić information content (AvgIpc) is 3.27. The third-order valence-electron chi connectivity index (χ3n) is 5.28. The number of nitrogens with two attached hydrogens (primary N) is 1. The van der Waals surface area contributed by atoms with Crippen molar-refractivity contribution >= 4 is 29.7 Å². The maximum absolute atomic E-state index is 13.2. The van der Waals surface area contributed by atoms with Crippen molar-refractivity contribution in [1.82, 2.24) is 25.9 Å². The fraction of sp³-hybridized carbons (Fsp3) is 0.652. The van der Waals surface area contributed by atoms with Crippen LogP contribution in [-0.2, 0) is 30.4 Å². The summed E-state index contributed by atoms with van der Waals surface area (Å²) in [5.74, 6) is -4.35. The highest BCUT2D eigenvalue weighted by atomic mass is 16.4. The highest BCUT2D eigenvalue weighted by molar-refractivity contribution is 5.94. The number of aliphatic carboxylic acids is 2. The van der Waals surface area contributed by atoms with Gasteiger partial charge in [-0.3, -0.25) is 19.2 Å². The largest absolute Gasteiger partial charge is 0.481 e. The summed E-state index contributed by atoms with van der Waals surface area (Å²) in [4.78, 5) is 67.8. The molecule has 0 saturated carbocycles. The summed E-state index contributed by atoms with van der Waals surface area (Å²) >= 11 is 0. The number of nitrogens with one attached hydrogen (secondary N) is 4. The van der Waals surface area contributed by atoms with Gasteiger partial charge in [-0.1, -0.05) is 27.7 Å². The normalized spacial score (nSPS) is 14.5. The Balaban J connectivity index is 3.06. The van der Waals surface area contributed by atoms with Gasteiger partial charge in [0.25, 0.3) is 0 Å². The molecule has 0 aromatic carbocycles. The predicted octanol–water partition coefficient (Wildman–Crippen LogP) is -0.224. The van der Waals surface area contributed by atoms with Crippen molar-refractivity contribution in [3.63, 3.8) is 0 Å². The molecule has 1 rings (SSSR count). The lowest BCUT2D eigenvalue weighted by Crippen LogP contribution is -2.58. The lowest BCUT2D eigenvalue weighted by molar-refractivity contribution is -0.143. The van der Waals surface area contributed by atoms with Crippen LogP contribution in [0.25, 0.3) is 0 Å². The lowest BCUT2D eigenvalue weighted by atomic mass is 10.00. The SMILES string of the molecule is CC(C)CC(N)C(=O)NC(CC(C)C)C(=O)NC(Cc1cnc[nH]1)C(=O)NC(CCC(=O)O)C(=O)O. The number of amides is 3. The summed E-state index contributed by atoms with van der Waals surface area (Å²) in [5, 5.41) is 25.8. The van der Waals surface area contributed by atoms with Gasteiger partial charge in [-0.25, -0.2) is 9.78 Å². The molecule has 13 nitrogen and oxygen atoms in total. The molecule has 0 radical (unpaired) electrons. The Hall–Kier alpha value is -3.48. The summed E-state index contributed by atoms with van der Waals surface area (Å²) in [6.07, 6.45) is 2.70. The van der Waals surface area contributed by atoms with Gasteiger partial charge in [-0.15, -0.1) is 0 Å². The molecular weight excluding hydrogens is 472 g/mol. The number of hydrogen-bond acceptors (Lipinski definition) is 7. The number of rotatable bonds is 16. The molecule has 13 heteroatoms. The molecule has 3 amide bonds. The molecule has 1 heterocycles. The van der Waals surface area contributed by atoms with Crippen molar-refractivity contribution in [3.05, 3.63) is 18.2 Å². The third kappa shape index (κ3) is 11.3. The van der Waals surface area contributed by atoms with E-state index in [1.807, 2.05) is 27.7 Å². The molecule has 0 aliphatic rings. The van der Waals surface area contributed by atoms with Gasteiger partial charge in [-0.2, -0.15) is 0 Å². The number of carbonyl (C=O) groups excluding carboxylic acids is 3. The molecule has 0 aliphatic carbocycles. The number of H-pyrrole nitrogens is 1. The van der Waals surface area contributed by atoms with E-state index in [1.165, 1.54) is 12.5 Å². The first-order valence-electron chi connectivity index (χ1n) is 11.9. The van der Waals surface area contributed by atoms with E-state index < -0.39 is 60.2 Å². The Morgan fingerprint density at radius 2 is 1.44 bits per heavy atom. The lowest BCUT2D eigenvalue weighted by Gasteiger charge is -2.26. The maximum Gasteiger partial charge on any atom is 0.326 e. The zero-order valence-electron chi connectivity index (χ0n) is 21.1. The minimum absolute atomic E-state index is 0.0228. The van der Waals surface area contributed by atoms with Crippen LogP contribution < -0.4 is 21.7 Å². The van der Waals surface area contributed by atoms with E-state index in [4.69, 9.17) is 10.8 Å². The van der Waals surface area contributed by atoms with Crippen LogP contribution in [0.2, 0.25) is 0 Å². The van der Waals surface area contributed by atoms with Crippen LogP contribution in [0.3, 0.4) is 0 Å². The van der Waals surface area contributed by atoms with Crippen molar-refractivity contribution in [3.8, 4) is 0 Å². The number of carboxylic acid groups (broad SMARTS) is 2. The summed E-state index contributed by atoms with van der Waals surface area (Å²) in [5.41, 5.74) is 6.45. The number of aromatic amines is 1. The van der Waals surface area contributed by atoms with Gasteiger partial charge in [0.05, 0.1) is 12.4 Å². The highest BCUT2D eigenvalue weighted by Gasteiger charge is 2.31. The Morgan fingerprint density at radius 1 is 0.889 bits per heavy atom. The van der Waals surface area contributed by atoms with Crippen LogP contribution in [0, 0.1) is 11.8 Å². The van der Waals surface area contributed by atoms with Gasteiger partial charge in [0.15, 0.2) is 0 Å². The van der Waals surface area contributed by atoms with Gasteiger partial charge >= 0.3 is 11.9 Å². The Morgan fingerprint density at radius 3 is 1.94 bits per heavy atom. The second-order valence-corrected chi connectivity index (χ2v) is 9.60. The first kappa shape index (κ1) is 30.6. The molecule has 0 fully saturated rings. The van der Waals surface area contributed by atoms with E-state index in [1.54, 1.807) is 0 Å². The second-order valence-electron chi connectivity index (χ2n) is 9.60. The van der Waals surface area contributed by atoms with E-state index in [2.05, 4.69) is 25.9 Å². The van der Waals surface area contributed by atoms with Gasteiger partial charge in [0.2, 0.25) is 17.7 Å². The van der Waals surface area contributed by atoms with Crippen LogP contribution in [-0.4, -0.2) is 74.0 Å². The highest BCUT2D eigenvalue weighted by Crippen LogP contribution is 2.09. The fourth-order valence-electron chi connectivity index (χ4n) is 3.49. The van der Waals surface area contributed by atoms with Crippen molar-refractivity contribution < 1.29 is 34.2 Å². The molecule has 0 aliphatic heterocycles. The number of imidazole rings is 1. The fourth-order valence-corrected chi connectivity index (χ4v) is 3.49. The maximum atomic E-state index is 13.2. The van der Waals surface area contributed by atoms with Crippen molar-refractivity contribution in [2.75, 3.05) is 0 Å². The zero-order chi connectivity index (χ0) is 27.4. The number of carboxylic acids is 2. The summed E-state index contributed by atoms with van der Waals surface area (Å²) in [6, 6.07) is -4.47. The van der Waals surface area contributed by atoms with Gasteiger partial charge in [-0.05, 0) is 31.1 Å². The minimum atomic E-state index is -1.46. The minimum Gasteiger partial charge on any atom is -0.481 e. The number of carbonyl (C=O) groups is 5. The first-order valence-corrected chi connectivity index (χ1v) is 11.9. The van der Waals surface area contributed by atoms with E-state index in [-0.39, 0.29) is 31.1 Å². The van der Waals surface area contributed by atoms with Crippen LogP contribution in [0.15, 0.2) is 12.5 Å². The number of nitrogens with zero attached hydrogens (tertiary/aromatic N) is 1. The molecule has 8 N–H and O–H groups in total. The Kier molecular flexibility index (Phi) is 12.6. The number of hydrogen-bond donors (Lipinski definition) is 7. The third-order valence-corrected chi connectivity index (χ3v) is 5.28. The average molecular weight is 511 g/mol. The monoisotopic (exact) mass is 510 g/mol. The molecule has 1 aromatic rings. The van der Waals surface area contributed by atoms with Crippen molar-refractivity contribution in [1.29, 1.82) is 0 Å². The topological polar surface area (TPSA) is 217 Å². The summed E-state index contributed by atoms with van der Waals surface area (Å²) < 4.78 is 0. The van der Waals surface area contributed by atoms with Gasteiger partial charge in [0, 0.05) is 24.7 Å². The van der Waals surface area contributed by atoms with Crippen LogP contribution in [0.5, 0.6) is 0 Å². The van der Waals surface area contributed by atoms with Gasteiger partial charge in [0.1, 0.15) is 18.1 Å². The van der Waals surface area contributed by atoms with E-state index in [0.29, 0.717) is 12.1 Å². The first-order chi connectivity index (χ1) is 16.8. The molecule has 202 valence electrons. The molecule has 4 unspecified atom stereocenters. The van der Waals surface area contributed by atoms with Crippen LogP contribution in [0.1, 0.15) is 59.1 Å². The number of aromatic nitrogens is 2. The van der Waals surface area contributed by atoms with Crippen molar-refractivity contribution in [2.45, 2.75) is 84.0 Å². The molecule has 0 spiro atoms. The van der Waals surface area contributed by atoms with E-state index in [9.17, 15) is 29.1 Å². The molecule has 0 saturated heterocycles. The van der Waals surface area contributed by atoms with Crippen molar-refractivity contribution in [2.24, 2.45) is 17.6 Å². The smallest absolute Gasteiger partial charge is 0.326 e. The molecule has 0 bridgehead atoms. The predicted molar refractivity (Wildman–Crippen MR) is 129 cm³/mol. The zero-order valence-corrected chi connectivity index (χ0v) is 21.1. The summed E-state index contributed by atoms with van der Waals surface area (Å²) in [6.45, 7) is 7.58. The Bertz CT molecular complexity index is 888. The Labute approximate surface area is 210 Å². The van der Waals surface area contributed by atoms with Gasteiger partial charge < -0.3 is 36.9 Å². The molecule has 36 heavy (non-hydrogen) atoms. The van der Waals surface area contributed by atoms with Crippen LogP contribution >= 0.6 is 0 Å². The van der Waals surface area contributed by atoms with E-state index in [0.717, 1.165) is 0 Å². The quantitative estimate of drug-likeness (QED) is 0.156. The molecule has 4 atom stereocenters. The molecular formula is C23H38N6O7. The van der Waals surface area contributed by atoms with E-state index >= 15 is 0 Å². The standard InChI is InChI=1S/C23H38N6O7/c1-12(2)7-15(24)20(32)28-17(8-13(3)4)21(33)29-18(9-14-10-25-11-26-14)22(34)27-16(23(35)36)5-6-19(30)31/h10-13,15-18H,5-9,24H2,1-4H3,(H,25,26)(H,27,34)(H,28,32)(H,29,33)(H,30,31)(H,35,36). The molecule has 1 aromatic heterocycles. The summed E-state index contributed by atoms with van der Waals surface area (Å²) in [7, 11) is 0. The second kappa shape index (κ2) is 14.8.